The molecule has 0 aliphatic carbocycles. The number of hydrogen-bond acceptors (Lipinski definition) is 4. The quantitative estimate of drug-likeness (QED) is 0.774. The zero-order chi connectivity index (χ0) is 15.5. The van der Waals surface area contributed by atoms with Crippen LogP contribution in [0.15, 0.2) is 42.1 Å². The lowest BCUT2D eigenvalue weighted by Gasteiger charge is -2.40. The zero-order valence-electron chi connectivity index (χ0n) is 12.0. The van der Waals surface area contributed by atoms with Crippen LogP contribution in [0.2, 0.25) is 0 Å². The third-order valence-electron chi connectivity index (χ3n) is 3.65. The van der Waals surface area contributed by atoms with E-state index in [0.29, 0.717) is 19.5 Å². The summed E-state index contributed by atoms with van der Waals surface area (Å²) in [5.41, 5.74) is 0. The number of carbonyl (C=O) groups is 1. The van der Waals surface area contributed by atoms with Gasteiger partial charge in [0, 0.05) is 38.1 Å². The van der Waals surface area contributed by atoms with E-state index in [0.717, 1.165) is 0 Å². The van der Waals surface area contributed by atoms with E-state index >= 15 is 0 Å². The number of amides is 1. The molecule has 21 heavy (non-hydrogen) atoms. The fourth-order valence-corrected chi connectivity index (χ4v) is 3.88. The Balaban J connectivity index is 2.21. The molecular formula is C14H19N3O3S. The number of pyridine rings is 1. The van der Waals surface area contributed by atoms with Crippen LogP contribution in [0.5, 0.6) is 0 Å². The van der Waals surface area contributed by atoms with E-state index in [-0.39, 0.29) is 23.4 Å². The molecule has 0 saturated carbocycles. The lowest BCUT2D eigenvalue weighted by Crippen LogP contribution is -2.55. The van der Waals surface area contributed by atoms with Gasteiger partial charge in [-0.05, 0) is 24.6 Å². The van der Waals surface area contributed by atoms with Gasteiger partial charge in [-0.1, -0.05) is 13.5 Å². The minimum absolute atomic E-state index is 0.129. The van der Waals surface area contributed by atoms with Crippen LogP contribution >= 0.6 is 0 Å². The third-order valence-corrected chi connectivity index (χ3v) is 5.50. The molecule has 0 aromatic carbocycles. The van der Waals surface area contributed by atoms with Crippen LogP contribution in [-0.4, -0.2) is 54.2 Å². The van der Waals surface area contributed by atoms with Gasteiger partial charge in [-0.15, -0.1) is 0 Å². The van der Waals surface area contributed by atoms with Crippen LogP contribution in [0.3, 0.4) is 0 Å². The van der Waals surface area contributed by atoms with Gasteiger partial charge in [-0.3, -0.25) is 9.78 Å². The largest absolute Gasteiger partial charge is 0.334 e. The van der Waals surface area contributed by atoms with Crippen molar-refractivity contribution in [1.82, 2.24) is 14.2 Å². The summed E-state index contributed by atoms with van der Waals surface area (Å²) in [4.78, 5) is 17.5. The van der Waals surface area contributed by atoms with Crippen molar-refractivity contribution in [1.29, 1.82) is 0 Å². The Labute approximate surface area is 125 Å². The molecule has 0 N–H and O–H groups in total. The van der Waals surface area contributed by atoms with Crippen molar-refractivity contribution in [2.75, 3.05) is 19.6 Å². The van der Waals surface area contributed by atoms with Crippen molar-refractivity contribution in [3.05, 3.63) is 37.2 Å². The average Bonchev–Trinajstić information content (AvgIpc) is 2.54. The molecule has 1 fully saturated rings. The molecule has 1 aromatic heterocycles. The van der Waals surface area contributed by atoms with E-state index in [1.807, 2.05) is 6.92 Å². The second-order valence-corrected chi connectivity index (χ2v) is 6.79. The van der Waals surface area contributed by atoms with Crippen molar-refractivity contribution in [3.8, 4) is 0 Å². The summed E-state index contributed by atoms with van der Waals surface area (Å²) < 4.78 is 26.5. The molecule has 0 radical (unpaired) electrons. The maximum Gasteiger partial charge on any atom is 0.246 e. The highest BCUT2D eigenvalue weighted by Crippen LogP contribution is 2.21. The van der Waals surface area contributed by atoms with Gasteiger partial charge in [0.15, 0.2) is 0 Å². The van der Waals surface area contributed by atoms with Gasteiger partial charge < -0.3 is 4.90 Å². The molecule has 6 nitrogen and oxygen atoms in total. The number of nitrogens with zero attached hydrogens (tertiary/aromatic N) is 3. The summed E-state index contributed by atoms with van der Waals surface area (Å²) in [6.45, 7) is 6.39. The number of carbonyl (C=O) groups excluding carboxylic acids is 1. The van der Waals surface area contributed by atoms with Crippen LogP contribution in [0.1, 0.15) is 13.3 Å². The molecule has 0 unspecified atom stereocenters. The monoisotopic (exact) mass is 309 g/mol. The third kappa shape index (κ3) is 3.14. The van der Waals surface area contributed by atoms with E-state index in [1.165, 1.54) is 28.8 Å². The van der Waals surface area contributed by atoms with Gasteiger partial charge in [0.2, 0.25) is 15.9 Å². The van der Waals surface area contributed by atoms with E-state index < -0.39 is 10.0 Å². The highest BCUT2D eigenvalue weighted by Gasteiger charge is 2.34. The Kier molecular flexibility index (Phi) is 4.74. The number of aromatic nitrogens is 1. The Morgan fingerprint density at radius 1 is 1.52 bits per heavy atom. The molecule has 2 rings (SSSR count). The molecule has 1 aromatic rings. The smallest absolute Gasteiger partial charge is 0.246 e. The van der Waals surface area contributed by atoms with Crippen LogP contribution < -0.4 is 0 Å². The number of piperazine rings is 1. The van der Waals surface area contributed by atoms with Crippen LogP contribution in [0.4, 0.5) is 0 Å². The lowest BCUT2D eigenvalue weighted by atomic mass is 10.1. The molecule has 1 aliphatic heterocycles. The fourth-order valence-electron chi connectivity index (χ4n) is 2.45. The van der Waals surface area contributed by atoms with Crippen LogP contribution in [0, 0.1) is 0 Å². The SMILES string of the molecule is C=CC(=O)N1CCN(S(=O)(=O)c2cccnc2)C[C@H]1CC. The molecule has 0 spiro atoms. The molecule has 1 atom stereocenters. The maximum absolute atomic E-state index is 12.6. The van der Waals surface area contributed by atoms with Crippen LogP contribution in [0.25, 0.3) is 0 Å². The topological polar surface area (TPSA) is 70.6 Å². The summed E-state index contributed by atoms with van der Waals surface area (Å²) in [5.74, 6) is -0.153. The number of rotatable bonds is 4. The predicted molar refractivity (Wildman–Crippen MR) is 79.0 cm³/mol. The summed E-state index contributed by atoms with van der Waals surface area (Å²) in [6, 6.07) is 3.00. The Morgan fingerprint density at radius 2 is 2.29 bits per heavy atom. The van der Waals surface area contributed by atoms with Gasteiger partial charge >= 0.3 is 0 Å². The first-order chi connectivity index (χ1) is 10.0. The standard InChI is InChI=1S/C14H19N3O3S/c1-3-12-11-16(8-9-17(12)14(18)4-2)21(19,20)13-6-5-7-15-10-13/h4-7,10,12H,2-3,8-9,11H2,1H3/t12-/m1/s1. The second-order valence-electron chi connectivity index (χ2n) is 4.85. The predicted octanol–water partition coefficient (Wildman–Crippen LogP) is 0.879. The Bertz CT molecular complexity index is 616. The lowest BCUT2D eigenvalue weighted by molar-refractivity contribution is -0.130. The van der Waals surface area contributed by atoms with Crippen molar-refractivity contribution < 1.29 is 13.2 Å². The van der Waals surface area contributed by atoms with E-state index in [9.17, 15) is 13.2 Å². The van der Waals surface area contributed by atoms with E-state index in [4.69, 9.17) is 0 Å². The highest BCUT2D eigenvalue weighted by molar-refractivity contribution is 7.89. The normalized spacial score (nSPS) is 20.2. The molecule has 114 valence electrons. The highest BCUT2D eigenvalue weighted by atomic mass is 32.2. The molecule has 1 aliphatic rings. The summed E-state index contributed by atoms with van der Waals surface area (Å²) in [6.07, 6.45) is 4.85. The van der Waals surface area contributed by atoms with Crippen molar-refractivity contribution >= 4 is 15.9 Å². The van der Waals surface area contributed by atoms with Crippen molar-refractivity contribution in [2.45, 2.75) is 24.3 Å². The summed E-state index contributed by atoms with van der Waals surface area (Å²) in [5, 5.41) is 0. The summed E-state index contributed by atoms with van der Waals surface area (Å²) >= 11 is 0. The number of sulfonamides is 1. The van der Waals surface area contributed by atoms with Gasteiger partial charge in [0.1, 0.15) is 4.90 Å². The first-order valence-electron chi connectivity index (χ1n) is 6.84. The van der Waals surface area contributed by atoms with Crippen LogP contribution in [-0.2, 0) is 14.8 Å². The minimum Gasteiger partial charge on any atom is -0.334 e. The average molecular weight is 309 g/mol. The van der Waals surface area contributed by atoms with Gasteiger partial charge in [0.25, 0.3) is 0 Å². The van der Waals surface area contributed by atoms with E-state index in [2.05, 4.69) is 11.6 Å². The maximum atomic E-state index is 12.6. The molecule has 7 heteroatoms. The Hall–Kier alpha value is -1.73. The van der Waals surface area contributed by atoms with Gasteiger partial charge in [-0.2, -0.15) is 4.31 Å². The van der Waals surface area contributed by atoms with E-state index in [1.54, 1.807) is 11.0 Å². The molecule has 1 amide bonds. The first kappa shape index (κ1) is 15.7. The van der Waals surface area contributed by atoms with Gasteiger partial charge in [-0.25, -0.2) is 8.42 Å². The zero-order valence-corrected chi connectivity index (χ0v) is 12.8. The molecule has 2 heterocycles. The number of hydrogen-bond donors (Lipinski definition) is 0. The second kappa shape index (κ2) is 6.36. The molecule has 1 saturated heterocycles. The molecule has 0 bridgehead atoms. The first-order valence-corrected chi connectivity index (χ1v) is 8.28. The van der Waals surface area contributed by atoms with Gasteiger partial charge in [0.05, 0.1) is 0 Å². The van der Waals surface area contributed by atoms with Crippen molar-refractivity contribution in [2.24, 2.45) is 0 Å². The molecular weight excluding hydrogens is 290 g/mol. The minimum atomic E-state index is -3.55. The summed E-state index contributed by atoms with van der Waals surface area (Å²) in [7, 11) is -3.55. The van der Waals surface area contributed by atoms with Crippen molar-refractivity contribution in [3.63, 3.8) is 0 Å². The fraction of sp³-hybridized carbons (Fsp3) is 0.429. The Morgan fingerprint density at radius 3 is 2.86 bits per heavy atom.